The van der Waals surface area contributed by atoms with Crippen molar-refractivity contribution < 1.29 is 4.79 Å². The van der Waals surface area contributed by atoms with Gasteiger partial charge in [0.15, 0.2) is 0 Å². The summed E-state index contributed by atoms with van der Waals surface area (Å²) in [7, 11) is 0. The number of fused-ring (bicyclic) bond motifs is 1. The average molecular weight is 298 g/mol. The average Bonchev–Trinajstić information content (AvgIpc) is 2.38. The van der Waals surface area contributed by atoms with Crippen molar-refractivity contribution in [3.63, 3.8) is 0 Å². The molecule has 0 amide bonds. The molecule has 2 heterocycles. The number of carbonyl (C=O) groups excluding carboxylic acids is 1. The van der Waals surface area contributed by atoms with Gasteiger partial charge in [-0.15, -0.1) is 0 Å². The van der Waals surface area contributed by atoms with Crippen molar-refractivity contribution in [2.45, 2.75) is 37.6 Å². The first-order valence-corrected chi connectivity index (χ1v) is 7.60. The zero-order chi connectivity index (χ0) is 13.4. The number of hydrogen-bond donors (Lipinski definition) is 0. The van der Waals surface area contributed by atoms with Crippen LogP contribution in [0.2, 0.25) is 10.0 Å². The Kier molecular flexibility index (Phi) is 3.84. The van der Waals surface area contributed by atoms with Crippen LogP contribution in [-0.4, -0.2) is 29.8 Å². The summed E-state index contributed by atoms with van der Waals surface area (Å²) in [6.07, 6.45) is 3.64. The second-order valence-electron chi connectivity index (χ2n) is 5.58. The Labute approximate surface area is 123 Å². The highest BCUT2D eigenvalue weighted by Crippen LogP contribution is 2.37. The van der Waals surface area contributed by atoms with E-state index in [4.69, 9.17) is 23.2 Å². The van der Waals surface area contributed by atoms with Gasteiger partial charge in [0.1, 0.15) is 5.78 Å². The zero-order valence-corrected chi connectivity index (χ0v) is 12.3. The Balaban J connectivity index is 1.76. The summed E-state index contributed by atoms with van der Waals surface area (Å²) in [5.41, 5.74) is 1.20. The summed E-state index contributed by atoms with van der Waals surface area (Å²) in [5, 5.41) is 1.45. The Morgan fingerprint density at radius 1 is 1.21 bits per heavy atom. The van der Waals surface area contributed by atoms with Crippen LogP contribution in [0.4, 0.5) is 0 Å². The Morgan fingerprint density at radius 2 is 2.05 bits per heavy atom. The van der Waals surface area contributed by atoms with Crippen LogP contribution in [0.15, 0.2) is 18.2 Å². The molecule has 1 aromatic carbocycles. The van der Waals surface area contributed by atoms with Crippen LogP contribution in [0, 0.1) is 0 Å². The first-order chi connectivity index (χ1) is 9.13. The number of carbonyl (C=O) groups is 1. The minimum atomic E-state index is 0.421. The maximum atomic E-state index is 11.5. The Hall–Kier alpha value is -0.570. The molecule has 1 aromatic rings. The second kappa shape index (κ2) is 5.43. The fourth-order valence-corrected chi connectivity index (χ4v) is 3.89. The van der Waals surface area contributed by atoms with E-state index in [0.717, 1.165) is 37.4 Å². The molecular formula is C15H17Cl2NO. The molecule has 0 N–H and O–H groups in total. The number of Topliss-reactive ketones (excluding diaryl/α,β-unsaturated/α-hetero) is 1. The molecule has 0 bridgehead atoms. The van der Waals surface area contributed by atoms with E-state index in [9.17, 15) is 4.79 Å². The van der Waals surface area contributed by atoms with Crippen molar-refractivity contribution in [3.8, 4) is 0 Å². The second-order valence-corrected chi connectivity index (χ2v) is 6.43. The van der Waals surface area contributed by atoms with Crippen LogP contribution in [-0.2, 0) is 4.79 Å². The van der Waals surface area contributed by atoms with Gasteiger partial charge in [-0.2, -0.15) is 0 Å². The number of nitrogens with zero attached hydrogens (tertiary/aromatic N) is 1. The van der Waals surface area contributed by atoms with Gasteiger partial charge >= 0.3 is 0 Å². The highest BCUT2D eigenvalue weighted by atomic mass is 35.5. The molecule has 0 aliphatic carbocycles. The van der Waals surface area contributed by atoms with Gasteiger partial charge in [-0.3, -0.25) is 9.69 Å². The third kappa shape index (κ3) is 2.81. The van der Waals surface area contributed by atoms with E-state index in [1.165, 1.54) is 5.56 Å². The fraction of sp³-hybridized carbons (Fsp3) is 0.533. The summed E-state index contributed by atoms with van der Waals surface area (Å²) < 4.78 is 0. The highest BCUT2D eigenvalue weighted by molar-refractivity contribution is 6.35. The van der Waals surface area contributed by atoms with Crippen molar-refractivity contribution >= 4 is 29.0 Å². The lowest BCUT2D eigenvalue weighted by Gasteiger charge is -2.42. The molecule has 2 fully saturated rings. The lowest BCUT2D eigenvalue weighted by Crippen LogP contribution is -2.47. The van der Waals surface area contributed by atoms with E-state index in [2.05, 4.69) is 4.90 Å². The molecule has 102 valence electrons. The SMILES string of the molecule is O=C1CCN2C[C@@H](c3ccc(Cl)cc3Cl)CC[C@@H]2C1. The van der Waals surface area contributed by atoms with Gasteiger partial charge in [0, 0.05) is 42.0 Å². The van der Waals surface area contributed by atoms with Gasteiger partial charge < -0.3 is 0 Å². The van der Waals surface area contributed by atoms with Gasteiger partial charge in [0.2, 0.25) is 0 Å². The van der Waals surface area contributed by atoms with E-state index in [1.54, 1.807) is 0 Å². The summed E-state index contributed by atoms with van der Waals surface area (Å²) in [6.45, 7) is 1.92. The van der Waals surface area contributed by atoms with Gasteiger partial charge in [0.25, 0.3) is 0 Å². The van der Waals surface area contributed by atoms with Crippen molar-refractivity contribution in [1.82, 2.24) is 4.90 Å². The normalized spacial score (nSPS) is 28.2. The number of hydrogen-bond acceptors (Lipinski definition) is 2. The molecule has 0 unspecified atom stereocenters. The van der Waals surface area contributed by atoms with E-state index < -0.39 is 0 Å². The molecule has 2 aliphatic heterocycles. The van der Waals surface area contributed by atoms with E-state index in [0.29, 0.717) is 29.2 Å². The third-order valence-corrected chi connectivity index (χ3v) is 4.93. The Morgan fingerprint density at radius 3 is 2.84 bits per heavy atom. The van der Waals surface area contributed by atoms with E-state index >= 15 is 0 Å². The van der Waals surface area contributed by atoms with Crippen LogP contribution >= 0.6 is 23.2 Å². The molecule has 0 saturated carbocycles. The van der Waals surface area contributed by atoms with Crippen LogP contribution in [0.3, 0.4) is 0 Å². The highest BCUT2D eigenvalue weighted by Gasteiger charge is 2.33. The molecule has 4 heteroatoms. The molecule has 0 spiro atoms. The van der Waals surface area contributed by atoms with Gasteiger partial charge in [0.05, 0.1) is 0 Å². The first kappa shape index (κ1) is 13.4. The lowest BCUT2D eigenvalue weighted by atomic mass is 9.83. The summed E-state index contributed by atoms with van der Waals surface area (Å²) in [5.74, 6) is 0.887. The Bertz CT molecular complexity index is 503. The standard InChI is InChI=1S/C15H17Cl2NO/c16-11-2-4-14(15(17)7-11)10-1-3-12-8-13(19)5-6-18(12)9-10/h2,4,7,10,12H,1,3,5-6,8-9H2/t10-,12+/m0/s1. The molecule has 3 rings (SSSR count). The van der Waals surface area contributed by atoms with Gasteiger partial charge in [-0.05, 0) is 36.5 Å². The topological polar surface area (TPSA) is 20.3 Å². The first-order valence-electron chi connectivity index (χ1n) is 6.84. The zero-order valence-electron chi connectivity index (χ0n) is 10.7. The minimum absolute atomic E-state index is 0.421. The number of ketones is 1. The van der Waals surface area contributed by atoms with Crippen molar-refractivity contribution in [2.75, 3.05) is 13.1 Å². The quantitative estimate of drug-likeness (QED) is 0.783. The minimum Gasteiger partial charge on any atom is -0.300 e. The third-order valence-electron chi connectivity index (χ3n) is 4.36. The number of halogens is 2. The van der Waals surface area contributed by atoms with E-state index in [-0.39, 0.29) is 0 Å². The van der Waals surface area contributed by atoms with Crippen LogP contribution in [0.5, 0.6) is 0 Å². The summed E-state index contributed by atoms with van der Waals surface area (Å²) in [4.78, 5) is 14.0. The molecular weight excluding hydrogens is 281 g/mol. The molecule has 2 saturated heterocycles. The molecule has 2 aliphatic rings. The molecule has 2 nitrogen and oxygen atoms in total. The fourth-order valence-electron chi connectivity index (χ4n) is 3.32. The largest absolute Gasteiger partial charge is 0.300 e. The molecule has 0 aromatic heterocycles. The van der Waals surface area contributed by atoms with Crippen LogP contribution < -0.4 is 0 Å². The van der Waals surface area contributed by atoms with Crippen molar-refractivity contribution in [3.05, 3.63) is 33.8 Å². The smallest absolute Gasteiger partial charge is 0.135 e. The van der Waals surface area contributed by atoms with Crippen LogP contribution in [0.25, 0.3) is 0 Å². The van der Waals surface area contributed by atoms with Crippen LogP contribution in [0.1, 0.15) is 37.2 Å². The lowest BCUT2D eigenvalue weighted by molar-refractivity contribution is -0.124. The van der Waals surface area contributed by atoms with Gasteiger partial charge in [-0.25, -0.2) is 0 Å². The summed E-state index contributed by atoms with van der Waals surface area (Å²) in [6, 6.07) is 6.24. The predicted molar refractivity (Wildman–Crippen MR) is 78.0 cm³/mol. The number of rotatable bonds is 1. The summed E-state index contributed by atoms with van der Waals surface area (Å²) >= 11 is 12.3. The number of benzene rings is 1. The maximum Gasteiger partial charge on any atom is 0.135 e. The van der Waals surface area contributed by atoms with Crippen molar-refractivity contribution in [2.24, 2.45) is 0 Å². The molecule has 19 heavy (non-hydrogen) atoms. The predicted octanol–water partition coefficient (Wildman–Crippen LogP) is 3.90. The van der Waals surface area contributed by atoms with Gasteiger partial charge in [-0.1, -0.05) is 29.3 Å². The maximum absolute atomic E-state index is 11.5. The molecule has 2 atom stereocenters. The number of piperidine rings is 2. The monoisotopic (exact) mass is 297 g/mol. The van der Waals surface area contributed by atoms with E-state index in [1.807, 2.05) is 18.2 Å². The van der Waals surface area contributed by atoms with Crippen molar-refractivity contribution in [1.29, 1.82) is 0 Å². The molecule has 0 radical (unpaired) electrons.